The fourth-order valence-corrected chi connectivity index (χ4v) is 5.68. The molecule has 0 aliphatic rings. The molecule has 0 aromatic carbocycles. The molecule has 0 aliphatic carbocycles. The van der Waals surface area contributed by atoms with E-state index in [1.807, 2.05) is 0 Å². The van der Waals surface area contributed by atoms with Crippen molar-refractivity contribution in [2.45, 2.75) is 142 Å². The van der Waals surface area contributed by atoms with Gasteiger partial charge < -0.3 is 52.1 Å². The molecule has 55 heavy (non-hydrogen) atoms. The highest BCUT2D eigenvalue weighted by Gasteiger charge is 1.98. The molecule has 0 fully saturated rings. The van der Waals surface area contributed by atoms with Crippen molar-refractivity contribution in [1.82, 2.24) is 0 Å². The van der Waals surface area contributed by atoms with Crippen LogP contribution in [0.4, 0.5) is 0 Å². The maximum Gasteiger partial charge on any atom is 0.0701 e. The van der Waals surface area contributed by atoms with Crippen molar-refractivity contribution in [3.8, 4) is 0 Å². The van der Waals surface area contributed by atoms with Gasteiger partial charge in [0, 0.05) is 13.2 Å². The van der Waals surface area contributed by atoms with Gasteiger partial charge >= 0.3 is 0 Å². The second-order valence-electron chi connectivity index (χ2n) is 14.1. The van der Waals surface area contributed by atoms with E-state index in [0.29, 0.717) is 132 Å². The first-order valence-electron chi connectivity index (χ1n) is 22.8. The van der Waals surface area contributed by atoms with Crippen LogP contribution >= 0.6 is 0 Å². The van der Waals surface area contributed by atoms with Gasteiger partial charge in [0.05, 0.1) is 132 Å². The Bertz CT molecular complexity index is 595. The summed E-state index contributed by atoms with van der Waals surface area (Å²) < 4.78 is 61.1. The fraction of sp³-hybridized carbons (Fsp3) is 1.00. The van der Waals surface area contributed by atoms with E-state index in [4.69, 9.17) is 52.1 Å². The molecule has 11 heteroatoms. The van der Waals surface area contributed by atoms with Crippen molar-refractivity contribution in [1.29, 1.82) is 0 Å². The smallest absolute Gasteiger partial charge is 0.0701 e. The second kappa shape index (κ2) is 53.6. The molecule has 0 spiro atoms. The fourth-order valence-electron chi connectivity index (χ4n) is 5.68. The third kappa shape index (κ3) is 53.6. The van der Waals surface area contributed by atoms with Crippen molar-refractivity contribution in [3.63, 3.8) is 0 Å². The minimum absolute atomic E-state index is 0.528. The summed E-state index contributed by atoms with van der Waals surface area (Å²) in [6.45, 7) is 17.4. The average molecular weight is 795 g/mol. The summed E-state index contributed by atoms with van der Waals surface area (Å²) in [7, 11) is 0. The lowest BCUT2D eigenvalue weighted by molar-refractivity contribution is -0.0275. The van der Waals surface area contributed by atoms with Gasteiger partial charge in [-0.15, -0.1) is 0 Å². The summed E-state index contributed by atoms with van der Waals surface area (Å²) in [6, 6.07) is 0. The van der Waals surface area contributed by atoms with Gasteiger partial charge in [-0.3, -0.25) is 0 Å². The third-order valence-electron chi connectivity index (χ3n) is 9.00. The minimum atomic E-state index is 0.528. The molecule has 0 atom stereocenters. The zero-order valence-electron chi connectivity index (χ0n) is 36.2. The normalized spacial score (nSPS) is 11.7. The summed E-state index contributed by atoms with van der Waals surface area (Å²) in [6.07, 6.45) is 27.0. The Balaban J connectivity index is 3.05. The Morgan fingerprint density at radius 2 is 0.273 bits per heavy atom. The van der Waals surface area contributed by atoms with E-state index in [1.165, 1.54) is 116 Å². The van der Waals surface area contributed by atoms with Crippen molar-refractivity contribution >= 4 is 0 Å². The number of unbranched alkanes of at least 4 members (excludes halogenated alkanes) is 18. The maximum atomic E-state index is 5.69. The summed E-state index contributed by atoms with van der Waals surface area (Å²) >= 11 is 0. The lowest BCUT2D eigenvalue weighted by Crippen LogP contribution is -2.15. The van der Waals surface area contributed by atoms with Crippen molar-refractivity contribution in [2.75, 3.05) is 145 Å². The molecule has 0 aromatic rings. The van der Waals surface area contributed by atoms with Gasteiger partial charge in [-0.25, -0.2) is 0 Å². The first-order valence-corrected chi connectivity index (χ1v) is 22.8. The highest BCUT2D eigenvalue weighted by atomic mass is 16.6. The Labute approximate surface area is 339 Å². The molecule has 0 aliphatic heterocycles. The molecular formula is C44H90O11. The van der Waals surface area contributed by atoms with Crippen LogP contribution in [0.3, 0.4) is 0 Å². The van der Waals surface area contributed by atoms with Crippen LogP contribution in [-0.2, 0) is 52.1 Å². The number of hydrogen-bond donors (Lipinski definition) is 0. The molecule has 0 heterocycles. The van der Waals surface area contributed by atoms with E-state index >= 15 is 0 Å². The first-order chi connectivity index (χ1) is 27.4. The van der Waals surface area contributed by atoms with Crippen molar-refractivity contribution in [3.05, 3.63) is 0 Å². The van der Waals surface area contributed by atoms with Gasteiger partial charge in [0.25, 0.3) is 0 Å². The Morgan fingerprint density at radius 1 is 0.145 bits per heavy atom. The maximum absolute atomic E-state index is 5.69. The van der Waals surface area contributed by atoms with Crippen LogP contribution in [0.2, 0.25) is 0 Å². The predicted molar refractivity (Wildman–Crippen MR) is 223 cm³/mol. The topological polar surface area (TPSA) is 102 Å². The summed E-state index contributed by atoms with van der Waals surface area (Å²) in [5, 5.41) is 0. The summed E-state index contributed by atoms with van der Waals surface area (Å²) in [4.78, 5) is 0. The number of hydrogen-bond acceptors (Lipinski definition) is 11. The lowest BCUT2D eigenvalue weighted by atomic mass is 10.0. The van der Waals surface area contributed by atoms with Crippen molar-refractivity contribution < 1.29 is 52.1 Å². The minimum Gasteiger partial charge on any atom is -0.379 e. The molecule has 0 unspecified atom stereocenters. The number of rotatable bonds is 52. The van der Waals surface area contributed by atoms with Gasteiger partial charge in [-0.2, -0.15) is 0 Å². The molecule has 0 aromatic heterocycles. The SMILES string of the molecule is CCCCCCCCCCCCCCCCOCCOCCOCCOCCOCCOCCOCCOCCOCCOCCOCCCCCCCC. The van der Waals surface area contributed by atoms with Crippen molar-refractivity contribution in [2.24, 2.45) is 0 Å². The lowest BCUT2D eigenvalue weighted by Gasteiger charge is -2.09. The molecule has 0 amide bonds. The van der Waals surface area contributed by atoms with E-state index in [9.17, 15) is 0 Å². The Morgan fingerprint density at radius 3 is 0.436 bits per heavy atom. The van der Waals surface area contributed by atoms with Crippen LogP contribution in [0.15, 0.2) is 0 Å². The van der Waals surface area contributed by atoms with Crippen LogP contribution in [0.1, 0.15) is 142 Å². The van der Waals surface area contributed by atoms with Crippen LogP contribution in [0.5, 0.6) is 0 Å². The highest BCUT2D eigenvalue weighted by molar-refractivity contribution is 4.50. The molecule has 0 bridgehead atoms. The summed E-state index contributed by atoms with van der Waals surface area (Å²) in [5.74, 6) is 0. The Kier molecular flexibility index (Phi) is 53.1. The molecule has 332 valence electrons. The predicted octanol–water partition coefficient (Wildman–Crippen LogP) is 9.01. The summed E-state index contributed by atoms with van der Waals surface area (Å²) in [5.41, 5.74) is 0. The molecule has 11 nitrogen and oxygen atoms in total. The van der Waals surface area contributed by atoms with Gasteiger partial charge in [0.15, 0.2) is 0 Å². The molecule has 0 saturated carbocycles. The molecular weight excluding hydrogens is 704 g/mol. The van der Waals surface area contributed by atoms with Gasteiger partial charge in [-0.05, 0) is 12.8 Å². The molecule has 0 saturated heterocycles. The zero-order chi connectivity index (χ0) is 39.5. The average Bonchev–Trinajstić information content (AvgIpc) is 3.20. The van der Waals surface area contributed by atoms with Gasteiger partial charge in [-0.1, -0.05) is 129 Å². The van der Waals surface area contributed by atoms with Crippen LogP contribution < -0.4 is 0 Å². The largest absolute Gasteiger partial charge is 0.379 e. The van der Waals surface area contributed by atoms with E-state index < -0.39 is 0 Å². The molecule has 0 radical (unpaired) electrons. The Hall–Kier alpha value is -0.440. The van der Waals surface area contributed by atoms with Gasteiger partial charge in [0.2, 0.25) is 0 Å². The van der Waals surface area contributed by atoms with E-state index in [1.54, 1.807) is 0 Å². The highest BCUT2D eigenvalue weighted by Crippen LogP contribution is 2.13. The second-order valence-corrected chi connectivity index (χ2v) is 14.1. The molecule has 0 N–H and O–H groups in total. The van der Waals surface area contributed by atoms with Crippen LogP contribution in [0.25, 0.3) is 0 Å². The quantitative estimate of drug-likeness (QED) is 0.0552. The third-order valence-corrected chi connectivity index (χ3v) is 9.00. The van der Waals surface area contributed by atoms with Crippen LogP contribution in [0, 0.1) is 0 Å². The molecule has 0 rings (SSSR count). The van der Waals surface area contributed by atoms with Gasteiger partial charge in [0.1, 0.15) is 0 Å². The monoisotopic (exact) mass is 795 g/mol. The van der Waals surface area contributed by atoms with E-state index in [0.717, 1.165) is 26.1 Å². The zero-order valence-corrected chi connectivity index (χ0v) is 36.2. The van der Waals surface area contributed by atoms with E-state index in [2.05, 4.69) is 13.8 Å². The number of ether oxygens (including phenoxy) is 11. The van der Waals surface area contributed by atoms with E-state index in [-0.39, 0.29) is 0 Å². The standard InChI is InChI=1S/C44H90O11/c1-3-5-7-9-11-12-13-14-15-16-17-18-20-22-24-46-26-28-48-30-32-50-34-36-52-38-40-54-42-44-55-43-41-53-39-37-51-35-33-49-31-29-47-27-25-45-23-21-19-10-8-6-4-2/h3-44H2,1-2H3. The first kappa shape index (κ1) is 54.6. The van der Waals surface area contributed by atoms with Crippen LogP contribution in [-0.4, -0.2) is 145 Å².